The molecular weight excluding hydrogens is 397 g/mol. The van der Waals surface area contributed by atoms with Crippen LogP contribution in [0.4, 0.5) is 15.8 Å². The minimum Gasteiger partial charge on any atom is -0.326 e. The van der Waals surface area contributed by atoms with Gasteiger partial charge in [-0.1, -0.05) is 11.6 Å². The van der Waals surface area contributed by atoms with E-state index in [1.54, 1.807) is 0 Å². The minimum atomic E-state index is -3.86. The van der Waals surface area contributed by atoms with Gasteiger partial charge in [-0.3, -0.25) is 9.59 Å². The summed E-state index contributed by atoms with van der Waals surface area (Å²) in [7, 11) is -1.20. The summed E-state index contributed by atoms with van der Waals surface area (Å²) in [5, 5.41) is 4.78. The monoisotopic (exact) mass is 413 g/mol. The summed E-state index contributed by atoms with van der Waals surface area (Å²) in [6.45, 7) is 1.29. The average molecular weight is 414 g/mol. The quantitative estimate of drug-likeness (QED) is 0.787. The number of anilines is 2. The lowest BCUT2D eigenvalue weighted by molar-refractivity contribution is -0.114. The predicted molar refractivity (Wildman–Crippen MR) is 101 cm³/mol. The maximum atomic E-state index is 14.0. The highest BCUT2D eigenvalue weighted by Gasteiger charge is 2.22. The molecule has 2 rings (SSSR count). The molecule has 0 bridgehead atoms. The molecule has 0 radical (unpaired) electrons. The van der Waals surface area contributed by atoms with Gasteiger partial charge in [0.25, 0.3) is 5.91 Å². The number of halogens is 2. The third kappa shape index (κ3) is 4.82. The molecule has 0 spiro atoms. The summed E-state index contributed by atoms with van der Waals surface area (Å²) in [4.78, 5) is 23.3. The van der Waals surface area contributed by atoms with Gasteiger partial charge in [0, 0.05) is 32.3 Å². The number of hydrogen-bond acceptors (Lipinski definition) is 4. The first-order chi connectivity index (χ1) is 12.5. The molecule has 2 aromatic rings. The van der Waals surface area contributed by atoms with Gasteiger partial charge >= 0.3 is 0 Å². The van der Waals surface area contributed by atoms with Gasteiger partial charge in [0.2, 0.25) is 15.9 Å². The molecular formula is C17H17ClFN3O4S. The maximum absolute atomic E-state index is 14.0. The highest BCUT2D eigenvalue weighted by Crippen LogP contribution is 2.26. The van der Waals surface area contributed by atoms with Crippen molar-refractivity contribution in [2.45, 2.75) is 11.8 Å². The van der Waals surface area contributed by atoms with E-state index in [0.717, 1.165) is 16.4 Å². The molecule has 0 heterocycles. The van der Waals surface area contributed by atoms with Crippen LogP contribution >= 0.6 is 11.6 Å². The zero-order chi connectivity index (χ0) is 20.4. The topological polar surface area (TPSA) is 95.6 Å². The third-order valence-electron chi connectivity index (χ3n) is 3.49. The third-order valence-corrected chi connectivity index (χ3v) is 5.78. The molecule has 0 unspecified atom stereocenters. The zero-order valence-electron chi connectivity index (χ0n) is 14.7. The highest BCUT2D eigenvalue weighted by molar-refractivity contribution is 7.89. The Kier molecular flexibility index (Phi) is 6.19. The van der Waals surface area contributed by atoms with E-state index < -0.39 is 21.7 Å². The van der Waals surface area contributed by atoms with Crippen LogP contribution in [0.2, 0.25) is 5.02 Å². The number of amides is 2. The van der Waals surface area contributed by atoms with Gasteiger partial charge in [0.15, 0.2) is 0 Å². The summed E-state index contributed by atoms with van der Waals surface area (Å²) < 4.78 is 39.5. The molecule has 2 amide bonds. The average Bonchev–Trinajstić information content (AvgIpc) is 2.57. The smallest absolute Gasteiger partial charge is 0.255 e. The lowest BCUT2D eigenvalue weighted by Gasteiger charge is -2.14. The number of nitrogens with zero attached hydrogens (tertiary/aromatic N) is 1. The van der Waals surface area contributed by atoms with E-state index in [1.807, 2.05) is 0 Å². The number of hydrogen-bond donors (Lipinski definition) is 2. The second-order valence-electron chi connectivity index (χ2n) is 5.76. The molecule has 0 saturated heterocycles. The summed E-state index contributed by atoms with van der Waals surface area (Å²) >= 11 is 5.95. The van der Waals surface area contributed by atoms with Crippen LogP contribution in [-0.4, -0.2) is 38.6 Å². The molecule has 0 aromatic heterocycles. The molecule has 0 aliphatic rings. The van der Waals surface area contributed by atoms with Gasteiger partial charge in [0.1, 0.15) is 10.7 Å². The van der Waals surface area contributed by atoms with Crippen molar-refractivity contribution >= 4 is 44.8 Å². The number of carbonyl (C=O) groups excluding carboxylic acids is 2. The molecule has 27 heavy (non-hydrogen) atoms. The standard InChI is InChI=1S/C17H17ClFN3O4S/c1-10(23)20-12-5-7-14(19)15(9-12)21-17(24)11-4-6-13(18)16(8-11)27(25,26)22(2)3/h4-9H,1-3H3,(H,20,23)(H,21,24). The van der Waals surface area contributed by atoms with E-state index in [2.05, 4.69) is 10.6 Å². The summed E-state index contributed by atoms with van der Waals surface area (Å²) in [5.74, 6) is -1.80. The Morgan fingerprint density at radius 1 is 1.07 bits per heavy atom. The van der Waals surface area contributed by atoms with Crippen LogP contribution in [0, 0.1) is 5.82 Å². The summed E-state index contributed by atoms with van der Waals surface area (Å²) in [5.41, 5.74) is 0.105. The van der Waals surface area contributed by atoms with Crippen LogP contribution in [0.5, 0.6) is 0 Å². The maximum Gasteiger partial charge on any atom is 0.255 e. The van der Waals surface area contributed by atoms with E-state index in [4.69, 9.17) is 11.6 Å². The molecule has 0 fully saturated rings. The molecule has 0 aliphatic carbocycles. The van der Waals surface area contributed by atoms with Crippen molar-refractivity contribution in [2.24, 2.45) is 0 Å². The van der Waals surface area contributed by atoms with Gasteiger partial charge in [0.05, 0.1) is 10.7 Å². The van der Waals surface area contributed by atoms with Crippen molar-refractivity contribution in [2.75, 3.05) is 24.7 Å². The second kappa shape index (κ2) is 8.03. The first-order valence-electron chi connectivity index (χ1n) is 7.63. The Balaban J connectivity index is 2.36. The molecule has 10 heteroatoms. The van der Waals surface area contributed by atoms with Gasteiger partial charge in [-0.15, -0.1) is 0 Å². The van der Waals surface area contributed by atoms with Crippen molar-refractivity contribution in [1.29, 1.82) is 0 Å². The van der Waals surface area contributed by atoms with Gasteiger partial charge in [-0.05, 0) is 36.4 Å². The Morgan fingerprint density at radius 2 is 1.74 bits per heavy atom. The van der Waals surface area contributed by atoms with Crippen LogP contribution in [-0.2, 0) is 14.8 Å². The molecule has 2 N–H and O–H groups in total. The molecule has 2 aromatic carbocycles. The normalized spacial score (nSPS) is 11.3. The highest BCUT2D eigenvalue weighted by atomic mass is 35.5. The van der Waals surface area contributed by atoms with Crippen molar-refractivity contribution in [3.05, 3.63) is 52.8 Å². The van der Waals surface area contributed by atoms with Gasteiger partial charge in [-0.2, -0.15) is 0 Å². The van der Waals surface area contributed by atoms with Crippen molar-refractivity contribution in [3.8, 4) is 0 Å². The summed E-state index contributed by atoms with van der Waals surface area (Å²) in [6.07, 6.45) is 0. The Hall–Kier alpha value is -2.49. The first kappa shape index (κ1) is 20.8. The van der Waals surface area contributed by atoms with Gasteiger partial charge in [-0.25, -0.2) is 17.1 Å². The van der Waals surface area contributed by atoms with Crippen molar-refractivity contribution in [1.82, 2.24) is 4.31 Å². The van der Waals surface area contributed by atoms with Crippen LogP contribution in [0.25, 0.3) is 0 Å². The van der Waals surface area contributed by atoms with Crippen LogP contribution in [0.1, 0.15) is 17.3 Å². The zero-order valence-corrected chi connectivity index (χ0v) is 16.3. The number of benzene rings is 2. The van der Waals surface area contributed by atoms with E-state index in [9.17, 15) is 22.4 Å². The van der Waals surface area contributed by atoms with E-state index in [-0.39, 0.29) is 27.1 Å². The molecule has 0 aliphatic heterocycles. The Labute approximate surface area is 161 Å². The Morgan fingerprint density at radius 3 is 2.33 bits per heavy atom. The van der Waals surface area contributed by atoms with Crippen LogP contribution in [0.15, 0.2) is 41.3 Å². The fourth-order valence-electron chi connectivity index (χ4n) is 2.14. The largest absolute Gasteiger partial charge is 0.326 e. The lowest BCUT2D eigenvalue weighted by Crippen LogP contribution is -2.23. The minimum absolute atomic E-state index is 0.0239. The molecule has 144 valence electrons. The van der Waals surface area contributed by atoms with Crippen LogP contribution < -0.4 is 10.6 Å². The molecule has 7 nitrogen and oxygen atoms in total. The van der Waals surface area contributed by atoms with Crippen LogP contribution in [0.3, 0.4) is 0 Å². The fourth-order valence-corrected chi connectivity index (χ4v) is 3.53. The van der Waals surface area contributed by atoms with E-state index in [1.165, 1.54) is 45.3 Å². The molecule has 0 saturated carbocycles. The van der Waals surface area contributed by atoms with Crippen molar-refractivity contribution in [3.63, 3.8) is 0 Å². The first-order valence-corrected chi connectivity index (χ1v) is 9.44. The number of carbonyl (C=O) groups is 2. The number of nitrogens with one attached hydrogen (secondary N) is 2. The van der Waals surface area contributed by atoms with E-state index in [0.29, 0.717) is 5.69 Å². The Bertz CT molecular complexity index is 1010. The number of rotatable bonds is 5. The number of sulfonamides is 1. The predicted octanol–water partition coefficient (Wildman–Crippen LogP) is 2.94. The summed E-state index contributed by atoms with van der Waals surface area (Å²) in [6, 6.07) is 7.39. The molecule has 0 atom stereocenters. The fraction of sp³-hybridized carbons (Fsp3) is 0.176. The van der Waals surface area contributed by atoms with Gasteiger partial charge < -0.3 is 10.6 Å². The SMILES string of the molecule is CC(=O)Nc1ccc(F)c(NC(=O)c2ccc(Cl)c(S(=O)(=O)N(C)C)c2)c1. The second-order valence-corrected chi connectivity index (χ2v) is 8.29. The lowest BCUT2D eigenvalue weighted by atomic mass is 10.2. The van der Waals surface area contributed by atoms with Crippen molar-refractivity contribution < 1.29 is 22.4 Å². The van der Waals surface area contributed by atoms with E-state index >= 15 is 0 Å².